The third kappa shape index (κ3) is 3.50. The molecule has 2 rings (SSSR count). The summed E-state index contributed by atoms with van der Waals surface area (Å²) < 4.78 is 5.46. The molecule has 20 heavy (non-hydrogen) atoms. The fourth-order valence-corrected chi connectivity index (χ4v) is 2.44. The number of rotatable bonds is 4. The monoisotopic (exact) mass is 276 g/mol. The smallest absolute Gasteiger partial charge is 0.260 e. The normalized spacial score (nSPS) is 18.6. The first-order valence-corrected chi connectivity index (χ1v) is 6.87. The van der Waals surface area contributed by atoms with Crippen LogP contribution in [0.15, 0.2) is 24.3 Å². The van der Waals surface area contributed by atoms with Crippen LogP contribution in [0.25, 0.3) is 0 Å². The Hall–Kier alpha value is -2.04. The number of hydrogen-bond donors (Lipinski definition) is 1. The molecule has 0 aromatic heterocycles. The molecule has 5 nitrogen and oxygen atoms in total. The molecule has 1 saturated heterocycles. The molecule has 0 saturated carbocycles. The van der Waals surface area contributed by atoms with Crippen molar-refractivity contribution in [2.45, 2.75) is 19.8 Å². The maximum atomic E-state index is 12.1. The number of nitrogens with two attached hydrogens (primary N) is 1. The van der Waals surface area contributed by atoms with E-state index in [0.29, 0.717) is 17.2 Å². The van der Waals surface area contributed by atoms with Gasteiger partial charge < -0.3 is 15.4 Å². The van der Waals surface area contributed by atoms with E-state index in [-0.39, 0.29) is 12.5 Å². The summed E-state index contributed by atoms with van der Waals surface area (Å²) in [5.41, 5.74) is 5.57. The number of piperidine rings is 1. The number of primary amides is 1. The van der Waals surface area contributed by atoms with Crippen molar-refractivity contribution in [1.82, 2.24) is 4.90 Å². The molecule has 0 aliphatic carbocycles. The average molecular weight is 276 g/mol. The lowest BCUT2D eigenvalue weighted by atomic mass is 10.0. The van der Waals surface area contributed by atoms with Crippen molar-refractivity contribution < 1.29 is 14.3 Å². The summed E-state index contributed by atoms with van der Waals surface area (Å²) in [6, 6.07) is 6.69. The largest absolute Gasteiger partial charge is 0.483 e. The molecule has 1 aromatic carbocycles. The molecule has 5 heteroatoms. The van der Waals surface area contributed by atoms with Gasteiger partial charge in [-0.25, -0.2) is 0 Å². The van der Waals surface area contributed by atoms with Crippen molar-refractivity contribution in [2.24, 2.45) is 11.7 Å². The number of para-hydroxylation sites is 1. The van der Waals surface area contributed by atoms with Crippen molar-refractivity contribution in [3.05, 3.63) is 29.8 Å². The van der Waals surface area contributed by atoms with Gasteiger partial charge >= 0.3 is 0 Å². The Morgan fingerprint density at radius 3 is 2.85 bits per heavy atom. The topological polar surface area (TPSA) is 72.6 Å². The van der Waals surface area contributed by atoms with Crippen LogP contribution in [0.5, 0.6) is 5.75 Å². The first kappa shape index (κ1) is 14.4. The Morgan fingerprint density at radius 1 is 1.40 bits per heavy atom. The number of carbonyl (C=O) groups is 2. The molecule has 1 aliphatic heterocycles. The highest BCUT2D eigenvalue weighted by Crippen LogP contribution is 2.18. The van der Waals surface area contributed by atoms with Crippen LogP contribution in [0.2, 0.25) is 0 Å². The standard InChI is InChI=1S/C15H20N2O3/c1-11-5-4-8-17(9-11)14(18)10-20-13-7-3-2-6-12(13)15(16)19/h2-3,6-7,11H,4-5,8-10H2,1H3,(H2,16,19). The Kier molecular flexibility index (Phi) is 4.61. The Labute approximate surface area is 118 Å². The molecule has 0 bridgehead atoms. The fraction of sp³-hybridized carbons (Fsp3) is 0.467. The lowest BCUT2D eigenvalue weighted by Crippen LogP contribution is -2.41. The maximum Gasteiger partial charge on any atom is 0.260 e. The van der Waals surface area contributed by atoms with Gasteiger partial charge in [0, 0.05) is 13.1 Å². The van der Waals surface area contributed by atoms with E-state index in [1.165, 1.54) is 0 Å². The van der Waals surface area contributed by atoms with Crippen LogP contribution >= 0.6 is 0 Å². The van der Waals surface area contributed by atoms with E-state index in [1.54, 1.807) is 24.3 Å². The van der Waals surface area contributed by atoms with Crippen LogP contribution in [0.1, 0.15) is 30.1 Å². The number of nitrogens with zero attached hydrogens (tertiary/aromatic N) is 1. The summed E-state index contributed by atoms with van der Waals surface area (Å²) in [5.74, 6) is 0.291. The molecule has 0 spiro atoms. The molecule has 108 valence electrons. The van der Waals surface area contributed by atoms with Gasteiger partial charge in [0.25, 0.3) is 11.8 Å². The molecule has 2 N–H and O–H groups in total. The number of amides is 2. The number of likely N-dealkylation sites (tertiary alicyclic amines) is 1. The van der Waals surface area contributed by atoms with Gasteiger partial charge in [-0.1, -0.05) is 19.1 Å². The third-order valence-corrected chi connectivity index (χ3v) is 3.51. The minimum absolute atomic E-state index is 0.0455. The second-order valence-corrected chi connectivity index (χ2v) is 5.24. The SMILES string of the molecule is CC1CCCN(C(=O)COc2ccccc2C(N)=O)C1. The Bertz CT molecular complexity index is 502. The van der Waals surface area contributed by atoms with Crippen molar-refractivity contribution in [3.8, 4) is 5.75 Å². The van der Waals surface area contributed by atoms with Crippen molar-refractivity contribution in [2.75, 3.05) is 19.7 Å². The summed E-state index contributed by atoms with van der Waals surface area (Å²) in [7, 11) is 0. The minimum Gasteiger partial charge on any atom is -0.483 e. The van der Waals surface area contributed by atoms with Crippen LogP contribution in [0.3, 0.4) is 0 Å². The summed E-state index contributed by atoms with van der Waals surface area (Å²) in [4.78, 5) is 25.2. The molecule has 0 radical (unpaired) electrons. The van der Waals surface area contributed by atoms with Gasteiger partial charge in [-0.2, -0.15) is 0 Å². The number of benzene rings is 1. The van der Waals surface area contributed by atoms with Gasteiger partial charge in [-0.15, -0.1) is 0 Å². The van der Waals surface area contributed by atoms with Gasteiger partial charge in [0.15, 0.2) is 6.61 Å². The lowest BCUT2D eigenvalue weighted by molar-refractivity contribution is -0.135. The zero-order valence-corrected chi connectivity index (χ0v) is 11.7. The lowest BCUT2D eigenvalue weighted by Gasteiger charge is -2.30. The van der Waals surface area contributed by atoms with Gasteiger partial charge in [0.05, 0.1) is 5.56 Å². The quantitative estimate of drug-likeness (QED) is 0.904. The summed E-state index contributed by atoms with van der Waals surface area (Å²) in [5, 5.41) is 0. The third-order valence-electron chi connectivity index (χ3n) is 3.51. The summed E-state index contributed by atoms with van der Waals surface area (Å²) >= 11 is 0. The highest BCUT2D eigenvalue weighted by atomic mass is 16.5. The van der Waals surface area contributed by atoms with E-state index in [2.05, 4.69) is 6.92 Å². The van der Waals surface area contributed by atoms with Crippen LogP contribution in [-0.4, -0.2) is 36.4 Å². The van der Waals surface area contributed by atoms with E-state index in [9.17, 15) is 9.59 Å². The van der Waals surface area contributed by atoms with E-state index in [0.717, 1.165) is 25.9 Å². The Balaban J connectivity index is 1.95. The fourth-order valence-electron chi connectivity index (χ4n) is 2.44. The van der Waals surface area contributed by atoms with Crippen LogP contribution in [-0.2, 0) is 4.79 Å². The predicted molar refractivity (Wildman–Crippen MR) is 75.4 cm³/mol. The van der Waals surface area contributed by atoms with Crippen molar-refractivity contribution in [3.63, 3.8) is 0 Å². The molecule has 1 aliphatic rings. The second kappa shape index (κ2) is 6.41. The van der Waals surface area contributed by atoms with Gasteiger partial charge in [0.2, 0.25) is 0 Å². The van der Waals surface area contributed by atoms with E-state index < -0.39 is 5.91 Å². The highest BCUT2D eigenvalue weighted by Gasteiger charge is 2.21. The van der Waals surface area contributed by atoms with Gasteiger partial charge in [-0.3, -0.25) is 9.59 Å². The zero-order chi connectivity index (χ0) is 14.5. The van der Waals surface area contributed by atoms with Crippen molar-refractivity contribution >= 4 is 11.8 Å². The first-order valence-electron chi connectivity index (χ1n) is 6.87. The van der Waals surface area contributed by atoms with E-state index in [1.807, 2.05) is 4.90 Å². The van der Waals surface area contributed by atoms with Crippen LogP contribution in [0, 0.1) is 5.92 Å². The van der Waals surface area contributed by atoms with Crippen LogP contribution < -0.4 is 10.5 Å². The molecule has 2 amide bonds. The highest BCUT2D eigenvalue weighted by molar-refractivity contribution is 5.95. The first-order chi connectivity index (χ1) is 9.58. The van der Waals surface area contributed by atoms with E-state index in [4.69, 9.17) is 10.5 Å². The molecular formula is C15H20N2O3. The van der Waals surface area contributed by atoms with Crippen LogP contribution in [0.4, 0.5) is 0 Å². The zero-order valence-electron chi connectivity index (χ0n) is 11.7. The molecular weight excluding hydrogens is 256 g/mol. The molecule has 1 fully saturated rings. The van der Waals surface area contributed by atoms with Gasteiger partial charge in [0.1, 0.15) is 5.75 Å². The van der Waals surface area contributed by atoms with Crippen molar-refractivity contribution in [1.29, 1.82) is 0 Å². The number of hydrogen-bond acceptors (Lipinski definition) is 3. The second-order valence-electron chi connectivity index (χ2n) is 5.24. The number of carbonyl (C=O) groups excluding carboxylic acids is 2. The summed E-state index contributed by atoms with van der Waals surface area (Å²) in [6.07, 6.45) is 2.19. The molecule has 1 aromatic rings. The molecule has 1 unspecified atom stereocenters. The molecule has 1 heterocycles. The average Bonchev–Trinajstić information content (AvgIpc) is 2.45. The maximum absolute atomic E-state index is 12.1. The molecule has 1 atom stereocenters. The number of ether oxygens (including phenoxy) is 1. The Morgan fingerprint density at radius 2 is 2.15 bits per heavy atom. The predicted octanol–water partition coefficient (Wildman–Crippen LogP) is 1.42. The van der Waals surface area contributed by atoms with E-state index >= 15 is 0 Å². The van der Waals surface area contributed by atoms with Gasteiger partial charge in [-0.05, 0) is 30.9 Å². The summed E-state index contributed by atoms with van der Waals surface area (Å²) in [6.45, 7) is 3.64. The minimum atomic E-state index is -0.556.